The third kappa shape index (κ3) is 2.54. The maximum absolute atomic E-state index is 13.1. The van der Waals surface area contributed by atoms with Gasteiger partial charge in [0.1, 0.15) is 5.82 Å². The molecule has 4 heteroatoms. The van der Waals surface area contributed by atoms with Crippen LogP contribution in [0.3, 0.4) is 0 Å². The van der Waals surface area contributed by atoms with Crippen LogP contribution >= 0.6 is 15.9 Å². The van der Waals surface area contributed by atoms with Gasteiger partial charge in [0.25, 0.3) is 0 Å². The molecule has 1 aliphatic carbocycles. The fourth-order valence-electron chi connectivity index (χ4n) is 2.69. The van der Waals surface area contributed by atoms with Gasteiger partial charge in [-0.1, -0.05) is 12.5 Å². The van der Waals surface area contributed by atoms with Gasteiger partial charge in [-0.25, -0.2) is 4.39 Å². The lowest BCUT2D eigenvalue weighted by Gasteiger charge is -2.31. The zero-order valence-corrected chi connectivity index (χ0v) is 11.2. The minimum absolute atomic E-state index is 0.225. The molecule has 1 saturated carbocycles. The monoisotopic (exact) mass is 301 g/mol. The van der Waals surface area contributed by atoms with E-state index >= 15 is 0 Å². The van der Waals surface area contributed by atoms with Gasteiger partial charge in [0.05, 0.1) is 10.6 Å². The smallest absolute Gasteiger partial charge is 0.137 e. The summed E-state index contributed by atoms with van der Waals surface area (Å²) < 4.78 is 13.6. The molecule has 2 atom stereocenters. The van der Waals surface area contributed by atoms with Gasteiger partial charge in [0.15, 0.2) is 0 Å². The molecule has 0 radical (unpaired) electrons. The summed E-state index contributed by atoms with van der Waals surface area (Å²) in [5.74, 6) is -0.262. The Hall–Kier alpha value is -0.450. The summed E-state index contributed by atoms with van der Waals surface area (Å²) in [6.45, 7) is 0.475. The minimum Gasteiger partial charge on any atom is -0.392 e. The first-order valence-electron chi connectivity index (χ1n) is 5.89. The topological polar surface area (TPSA) is 46.2 Å². The van der Waals surface area contributed by atoms with E-state index in [9.17, 15) is 9.50 Å². The van der Waals surface area contributed by atoms with Crippen LogP contribution in [0.1, 0.15) is 24.8 Å². The Bertz CT molecular complexity index is 412. The van der Waals surface area contributed by atoms with Crippen molar-refractivity contribution in [1.82, 2.24) is 0 Å². The van der Waals surface area contributed by atoms with E-state index < -0.39 is 0 Å². The summed E-state index contributed by atoms with van der Waals surface area (Å²) >= 11 is 3.18. The molecule has 2 nitrogen and oxygen atoms in total. The van der Waals surface area contributed by atoms with Crippen molar-refractivity contribution < 1.29 is 9.50 Å². The molecule has 3 N–H and O–H groups in total. The molecular formula is C13H17BrFNO. The molecule has 1 aromatic rings. The standard InChI is InChI=1S/C13H17BrFNO/c14-10-6-9(3-4-11(10)15)7-13(8-16)5-1-2-12(13)17/h3-4,6,12,17H,1-2,5,7-8,16H2. The van der Waals surface area contributed by atoms with Gasteiger partial charge in [-0.2, -0.15) is 0 Å². The first kappa shape index (κ1) is 13.0. The highest BCUT2D eigenvalue weighted by molar-refractivity contribution is 9.10. The van der Waals surface area contributed by atoms with Gasteiger partial charge in [-0.05, 0) is 52.9 Å². The van der Waals surface area contributed by atoms with Gasteiger partial charge in [-0.3, -0.25) is 0 Å². The average molecular weight is 302 g/mol. The van der Waals surface area contributed by atoms with Gasteiger partial charge >= 0.3 is 0 Å². The van der Waals surface area contributed by atoms with Gasteiger partial charge in [0, 0.05) is 12.0 Å². The normalized spacial score (nSPS) is 28.6. The van der Waals surface area contributed by atoms with Crippen molar-refractivity contribution in [1.29, 1.82) is 0 Å². The highest BCUT2D eigenvalue weighted by Gasteiger charge is 2.40. The van der Waals surface area contributed by atoms with Crippen LogP contribution in [0.2, 0.25) is 0 Å². The molecule has 94 valence electrons. The van der Waals surface area contributed by atoms with Crippen LogP contribution in [0.15, 0.2) is 22.7 Å². The summed E-state index contributed by atoms with van der Waals surface area (Å²) in [7, 11) is 0. The Morgan fingerprint density at radius 1 is 1.53 bits per heavy atom. The Kier molecular flexibility index (Phi) is 3.85. The molecular weight excluding hydrogens is 285 g/mol. The predicted octanol–water partition coefficient (Wildman–Crippen LogP) is 2.62. The van der Waals surface area contributed by atoms with Crippen LogP contribution in [0, 0.1) is 11.2 Å². The molecule has 1 fully saturated rings. The largest absolute Gasteiger partial charge is 0.392 e. The zero-order valence-electron chi connectivity index (χ0n) is 9.63. The van der Waals surface area contributed by atoms with Gasteiger partial charge in [-0.15, -0.1) is 0 Å². The van der Waals surface area contributed by atoms with Crippen LogP contribution in [0.25, 0.3) is 0 Å². The van der Waals surface area contributed by atoms with Crippen molar-refractivity contribution in [3.8, 4) is 0 Å². The summed E-state index contributed by atoms with van der Waals surface area (Å²) in [6, 6.07) is 4.99. The zero-order chi connectivity index (χ0) is 12.5. The van der Waals surface area contributed by atoms with Crippen LogP contribution in [-0.4, -0.2) is 17.8 Å². The van der Waals surface area contributed by atoms with Crippen LogP contribution in [0.5, 0.6) is 0 Å². The minimum atomic E-state index is -0.337. The molecule has 0 saturated heterocycles. The third-order valence-electron chi connectivity index (χ3n) is 3.81. The van der Waals surface area contributed by atoms with Crippen molar-refractivity contribution in [2.45, 2.75) is 31.8 Å². The van der Waals surface area contributed by atoms with E-state index in [1.54, 1.807) is 12.1 Å². The summed E-state index contributed by atoms with van der Waals surface area (Å²) in [4.78, 5) is 0. The summed E-state index contributed by atoms with van der Waals surface area (Å²) in [5, 5.41) is 10.1. The van der Waals surface area contributed by atoms with Crippen LogP contribution < -0.4 is 5.73 Å². The SMILES string of the molecule is NCC1(Cc2ccc(F)c(Br)c2)CCCC1O. The van der Waals surface area contributed by atoms with Crippen molar-refractivity contribution in [2.75, 3.05) is 6.54 Å². The Balaban J connectivity index is 2.21. The highest BCUT2D eigenvalue weighted by Crippen LogP contribution is 2.40. The molecule has 2 unspecified atom stereocenters. The molecule has 0 aromatic heterocycles. The number of nitrogens with two attached hydrogens (primary N) is 1. The van der Waals surface area contributed by atoms with Crippen molar-refractivity contribution in [3.63, 3.8) is 0 Å². The molecule has 0 heterocycles. The Morgan fingerprint density at radius 2 is 2.29 bits per heavy atom. The Morgan fingerprint density at radius 3 is 2.82 bits per heavy atom. The first-order chi connectivity index (χ1) is 8.07. The molecule has 0 aliphatic heterocycles. The lowest BCUT2D eigenvalue weighted by molar-refractivity contribution is 0.0588. The van der Waals surface area contributed by atoms with Crippen LogP contribution in [0.4, 0.5) is 4.39 Å². The Labute approximate surface area is 109 Å². The molecule has 0 amide bonds. The van der Waals surface area contributed by atoms with E-state index in [0.29, 0.717) is 17.4 Å². The third-order valence-corrected chi connectivity index (χ3v) is 4.41. The second kappa shape index (κ2) is 5.04. The second-order valence-electron chi connectivity index (χ2n) is 4.90. The molecule has 17 heavy (non-hydrogen) atoms. The van der Waals surface area contributed by atoms with Crippen molar-refractivity contribution >= 4 is 15.9 Å². The quantitative estimate of drug-likeness (QED) is 0.901. The lowest BCUT2D eigenvalue weighted by Crippen LogP contribution is -2.39. The highest BCUT2D eigenvalue weighted by atomic mass is 79.9. The molecule has 1 aromatic carbocycles. The number of halogens is 2. The van der Waals surface area contributed by atoms with Gasteiger partial charge in [0.2, 0.25) is 0 Å². The maximum Gasteiger partial charge on any atom is 0.137 e. The van der Waals surface area contributed by atoms with Gasteiger partial charge < -0.3 is 10.8 Å². The van der Waals surface area contributed by atoms with Crippen molar-refractivity contribution in [3.05, 3.63) is 34.1 Å². The molecule has 2 rings (SSSR count). The first-order valence-corrected chi connectivity index (χ1v) is 6.69. The number of hydrogen-bond acceptors (Lipinski definition) is 2. The lowest BCUT2D eigenvalue weighted by atomic mass is 9.78. The van der Waals surface area contributed by atoms with Crippen LogP contribution in [-0.2, 0) is 6.42 Å². The second-order valence-corrected chi connectivity index (χ2v) is 5.75. The fraction of sp³-hybridized carbons (Fsp3) is 0.538. The summed E-state index contributed by atoms with van der Waals surface area (Å²) in [5.41, 5.74) is 6.62. The maximum atomic E-state index is 13.1. The number of aliphatic hydroxyl groups is 1. The number of rotatable bonds is 3. The van der Waals surface area contributed by atoms with Crippen molar-refractivity contribution in [2.24, 2.45) is 11.1 Å². The van der Waals surface area contributed by atoms with E-state index in [2.05, 4.69) is 15.9 Å². The number of hydrogen-bond donors (Lipinski definition) is 2. The van der Waals surface area contributed by atoms with E-state index in [0.717, 1.165) is 24.8 Å². The molecule has 0 bridgehead atoms. The average Bonchev–Trinajstić information content (AvgIpc) is 2.66. The predicted molar refractivity (Wildman–Crippen MR) is 69.1 cm³/mol. The molecule has 1 aliphatic rings. The van der Waals surface area contributed by atoms with E-state index in [-0.39, 0.29) is 17.3 Å². The summed E-state index contributed by atoms with van der Waals surface area (Å²) in [6.07, 6.45) is 3.15. The number of benzene rings is 1. The fourth-order valence-corrected chi connectivity index (χ4v) is 3.12. The van der Waals surface area contributed by atoms with E-state index in [1.807, 2.05) is 0 Å². The molecule has 0 spiro atoms. The van der Waals surface area contributed by atoms with E-state index in [1.165, 1.54) is 6.07 Å². The van der Waals surface area contributed by atoms with E-state index in [4.69, 9.17) is 5.73 Å². The number of aliphatic hydroxyl groups excluding tert-OH is 1.